The van der Waals surface area contributed by atoms with E-state index in [1.165, 1.54) is 11.8 Å². The lowest BCUT2D eigenvalue weighted by molar-refractivity contribution is -0.142. The third-order valence-electron chi connectivity index (χ3n) is 2.67. The molecular formula is C13H13I3N2O5. The van der Waals surface area contributed by atoms with Crippen LogP contribution >= 0.6 is 67.8 Å². The molecule has 0 saturated carbocycles. The summed E-state index contributed by atoms with van der Waals surface area (Å²) in [7, 11) is 0. The molecule has 1 rings (SSSR count). The normalized spacial score (nSPS) is 10.7. The van der Waals surface area contributed by atoms with Crippen LogP contribution < -0.4 is 5.32 Å². The summed E-state index contributed by atoms with van der Waals surface area (Å²) in [5.74, 6) is -2.39. The highest BCUT2D eigenvalue weighted by atomic mass is 127. The molecule has 1 aromatic rings. The first-order valence-electron chi connectivity index (χ1n) is 6.21. The van der Waals surface area contributed by atoms with Crippen LogP contribution in [0.15, 0.2) is 6.07 Å². The lowest BCUT2D eigenvalue weighted by Crippen LogP contribution is -2.34. The number of nitrogens with one attached hydrogen (secondary N) is 1. The van der Waals surface area contributed by atoms with Crippen LogP contribution in [0, 0.1) is 10.7 Å². The van der Waals surface area contributed by atoms with Crippen LogP contribution in [0.5, 0.6) is 0 Å². The van der Waals surface area contributed by atoms with Crippen molar-refractivity contribution in [2.24, 2.45) is 0 Å². The average molecular weight is 658 g/mol. The number of halogens is 3. The van der Waals surface area contributed by atoms with Gasteiger partial charge in [0, 0.05) is 24.2 Å². The summed E-state index contributed by atoms with van der Waals surface area (Å²) in [5, 5.41) is 20.6. The fraction of sp³-hybridized carbons (Fsp3) is 0.308. The second-order valence-corrected chi connectivity index (χ2v) is 8.02. The number of carboxylic acid groups (broad SMARTS) is 2. The van der Waals surface area contributed by atoms with Crippen LogP contribution in [0.4, 0.5) is 5.69 Å². The van der Waals surface area contributed by atoms with E-state index in [-0.39, 0.29) is 25.5 Å². The van der Waals surface area contributed by atoms with Gasteiger partial charge in [0.2, 0.25) is 5.91 Å². The summed E-state index contributed by atoms with van der Waals surface area (Å²) in [6.45, 7) is 0.823. The van der Waals surface area contributed by atoms with E-state index in [1.54, 1.807) is 0 Å². The summed E-state index contributed by atoms with van der Waals surface area (Å²) >= 11 is 6.31. The molecule has 1 aromatic carbocycles. The zero-order valence-corrected chi connectivity index (χ0v) is 18.4. The number of amides is 1. The van der Waals surface area contributed by atoms with Gasteiger partial charge in [0.1, 0.15) is 0 Å². The minimum absolute atomic E-state index is 0.165. The van der Waals surface area contributed by atoms with Gasteiger partial charge in [-0.25, -0.2) is 0 Å². The maximum Gasteiger partial charge on any atom is 0.317 e. The highest BCUT2D eigenvalue weighted by Gasteiger charge is 2.20. The molecule has 0 fully saturated rings. The van der Waals surface area contributed by atoms with Crippen molar-refractivity contribution in [2.75, 3.05) is 18.4 Å². The van der Waals surface area contributed by atoms with Crippen molar-refractivity contribution in [3.05, 3.63) is 22.3 Å². The molecule has 0 aromatic heterocycles. The Morgan fingerprint density at radius 2 is 1.61 bits per heavy atom. The van der Waals surface area contributed by atoms with E-state index >= 15 is 0 Å². The molecule has 0 aliphatic rings. The van der Waals surface area contributed by atoms with Crippen molar-refractivity contribution in [1.82, 2.24) is 4.90 Å². The third kappa shape index (κ3) is 6.66. The summed E-state index contributed by atoms with van der Waals surface area (Å²) in [6.07, 6.45) is 0. The lowest BCUT2D eigenvalue weighted by Gasteiger charge is -2.21. The third-order valence-corrected chi connectivity index (χ3v) is 5.67. The molecule has 0 radical (unpaired) electrons. The first-order valence-corrected chi connectivity index (χ1v) is 9.45. The number of aliphatic carboxylic acids is 2. The molecule has 0 heterocycles. The molecule has 7 nitrogen and oxygen atoms in total. The number of hydrogen-bond donors (Lipinski definition) is 3. The monoisotopic (exact) mass is 658 g/mol. The van der Waals surface area contributed by atoms with Gasteiger partial charge in [-0.15, -0.1) is 0 Å². The number of hydrogen-bond acceptors (Lipinski definition) is 4. The van der Waals surface area contributed by atoms with Crippen molar-refractivity contribution in [2.45, 2.75) is 13.5 Å². The Labute approximate surface area is 173 Å². The van der Waals surface area contributed by atoms with E-state index in [9.17, 15) is 14.4 Å². The molecule has 0 aliphatic carbocycles. The number of anilines is 1. The van der Waals surface area contributed by atoms with E-state index in [2.05, 4.69) is 73.1 Å². The Kier molecular flexibility index (Phi) is 8.43. The largest absolute Gasteiger partial charge is 0.480 e. The second kappa shape index (κ2) is 9.31. The van der Waals surface area contributed by atoms with E-state index in [0.717, 1.165) is 16.3 Å². The number of rotatable bonds is 7. The van der Waals surface area contributed by atoms with E-state index in [1.807, 2.05) is 6.07 Å². The van der Waals surface area contributed by atoms with Gasteiger partial charge < -0.3 is 15.5 Å². The van der Waals surface area contributed by atoms with Gasteiger partial charge in [-0.1, -0.05) is 0 Å². The highest BCUT2D eigenvalue weighted by molar-refractivity contribution is 14.1. The molecule has 0 bridgehead atoms. The molecule has 0 atom stereocenters. The first kappa shape index (κ1) is 20.8. The lowest BCUT2D eigenvalue weighted by atomic mass is 10.2. The topological polar surface area (TPSA) is 107 Å². The fourth-order valence-corrected chi connectivity index (χ4v) is 5.82. The Balaban J connectivity index is 3.21. The maximum absolute atomic E-state index is 11.3. The summed E-state index contributed by atoms with van der Waals surface area (Å²) in [5.41, 5.74) is 1.44. The molecule has 0 aliphatic heterocycles. The molecule has 3 N–H and O–H groups in total. The van der Waals surface area contributed by atoms with Gasteiger partial charge in [0.15, 0.2) is 0 Å². The SMILES string of the molecule is CC(=O)Nc1c(I)cc(I)c(CN(CC(=O)O)CC(=O)O)c1I. The zero-order chi connectivity index (χ0) is 17.7. The molecule has 23 heavy (non-hydrogen) atoms. The number of nitrogens with zero attached hydrogens (tertiary/aromatic N) is 1. The Hall–Kier alpha value is -0.220. The minimum Gasteiger partial charge on any atom is -0.480 e. The predicted molar refractivity (Wildman–Crippen MR) is 109 cm³/mol. The zero-order valence-electron chi connectivity index (χ0n) is 11.9. The molecule has 1 amide bonds. The molecule has 126 valence electrons. The molecule has 10 heteroatoms. The van der Waals surface area contributed by atoms with Gasteiger partial charge >= 0.3 is 11.9 Å². The van der Waals surface area contributed by atoms with Crippen LogP contribution in [0.2, 0.25) is 0 Å². The van der Waals surface area contributed by atoms with Crippen molar-refractivity contribution >= 4 is 91.3 Å². The quantitative estimate of drug-likeness (QED) is 0.389. The van der Waals surface area contributed by atoms with E-state index < -0.39 is 11.9 Å². The van der Waals surface area contributed by atoms with Gasteiger partial charge in [-0.05, 0) is 79.4 Å². The number of carbonyl (C=O) groups is 3. The summed E-state index contributed by atoms with van der Waals surface area (Å²) < 4.78 is 2.51. The van der Waals surface area contributed by atoms with E-state index in [0.29, 0.717) is 5.69 Å². The molecule has 0 saturated heterocycles. The fourth-order valence-electron chi connectivity index (χ4n) is 1.84. The van der Waals surface area contributed by atoms with Crippen LogP contribution in [-0.2, 0) is 20.9 Å². The molecule has 0 unspecified atom stereocenters. The Morgan fingerprint density at radius 3 is 2.04 bits per heavy atom. The van der Waals surface area contributed by atoms with Crippen LogP contribution in [0.25, 0.3) is 0 Å². The Bertz CT molecular complexity index is 635. The molecule has 0 spiro atoms. The highest BCUT2D eigenvalue weighted by Crippen LogP contribution is 2.32. The van der Waals surface area contributed by atoms with Crippen molar-refractivity contribution in [3.8, 4) is 0 Å². The van der Waals surface area contributed by atoms with E-state index in [4.69, 9.17) is 10.2 Å². The van der Waals surface area contributed by atoms with Crippen LogP contribution in [0.1, 0.15) is 12.5 Å². The van der Waals surface area contributed by atoms with Crippen LogP contribution in [0.3, 0.4) is 0 Å². The smallest absolute Gasteiger partial charge is 0.317 e. The summed E-state index contributed by atoms with van der Waals surface area (Å²) in [6, 6.07) is 1.86. The Morgan fingerprint density at radius 1 is 1.09 bits per heavy atom. The molecular weight excluding hydrogens is 645 g/mol. The van der Waals surface area contributed by atoms with Gasteiger partial charge in [-0.3, -0.25) is 19.3 Å². The number of benzene rings is 1. The minimum atomic E-state index is -1.09. The van der Waals surface area contributed by atoms with Crippen LogP contribution in [-0.4, -0.2) is 46.0 Å². The van der Waals surface area contributed by atoms with Gasteiger partial charge in [0.05, 0.1) is 18.8 Å². The van der Waals surface area contributed by atoms with Gasteiger partial charge in [0.25, 0.3) is 0 Å². The summed E-state index contributed by atoms with van der Waals surface area (Å²) in [4.78, 5) is 34.5. The number of carbonyl (C=O) groups excluding carboxylic acids is 1. The maximum atomic E-state index is 11.3. The number of carboxylic acids is 2. The second-order valence-electron chi connectivity index (χ2n) is 4.62. The van der Waals surface area contributed by atoms with Crippen molar-refractivity contribution in [3.63, 3.8) is 0 Å². The first-order chi connectivity index (χ1) is 10.6. The van der Waals surface area contributed by atoms with Crippen molar-refractivity contribution < 1.29 is 24.6 Å². The van der Waals surface area contributed by atoms with Crippen molar-refractivity contribution in [1.29, 1.82) is 0 Å². The predicted octanol–water partition coefficient (Wildman–Crippen LogP) is 2.43. The average Bonchev–Trinajstić information content (AvgIpc) is 2.37. The van der Waals surface area contributed by atoms with Gasteiger partial charge in [-0.2, -0.15) is 0 Å². The standard InChI is InChI=1S/C13H13I3N2O5/c1-6(19)17-13-9(15)2-8(14)7(12(13)16)3-18(4-10(20)21)5-11(22)23/h2H,3-5H2,1H3,(H,17,19)(H,20,21)(H,22,23).